The van der Waals surface area contributed by atoms with Crippen LogP contribution in [0.4, 0.5) is 5.69 Å². The molecule has 1 fully saturated rings. The topological polar surface area (TPSA) is 77.8 Å². The van der Waals surface area contributed by atoms with Gasteiger partial charge in [0.25, 0.3) is 0 Å². The molecule has 1 saturated heterocycles. The number of aryl methyl sites for hydroxylation is 1. The lowest BCUT2D eigenvalue weighted by Crippen LogP contribution is -2.41. The molecule has 1 unspecified atom stereocenters. The van der Waals surface area contributed by atoms with Crippen LogP contribution in [0, 0.1) is 0 Å². The predicted molar refractivity (Wildman–Crippen MR) is 116 cm³/mol. The van der Waals surface area contributed by atoms with Gasteiger partial charge in [0.15, 0.2) is 5.96 Å². The van der Waals surface area contributed by atoms with Crippen molar-refractivity contribution in [3.63, 3.8) is 0 Å². The van der Waals surface area contributed by atoms with E-state index in [0.717, 1.165) is 35.7 Å². The van der Waals surface area contributed by atoms with Gasteiger partial charge >= 0.3 is 0 Å². The monoisotopic (exact) mass is 397 g/mol. The molecule has 1 aromatic carbocycles. The smallest absolute Gasteiger partial charge is 0.227 e. The standard InChI is InChI=1S/C21H31N7O/c1-22-21(24-14-19(26(2)3)17-13-25-27(4)15-17)23-12-16-7-9-18(10-8-16)28-11-5-6-20(28)29/h7-10,13,15,19H,5-6,11-12,14H2,1-4H3,(H2,22,23,24). The van der Waals surface area contributed by atoms with E-state index in [1.165, 1.54) is 0 Å². The van der Waals surface area contributed by atoms with Crippen molar-refractivity contribution in [1.82, 2.24) is 25.3 Å². The van der Waals surface area contributed by atoms with E-state index < -0.39 is 0 Å². The first-order chi connectivity index (χ1) is 14.0. The molecule has 29 heavy (non-hydrogen) atoms. The van der Waals surface area contributed by atoms with Crippen molar-refractivity contribution in [3.05, 3.63) is 47.8 Å². The van der Waals surface area contributed by atoms with Crippen molar-refractivity contribution in [2.24, 2.45) is 12.0 Å². The molecule has 1 aromatic heterocycles. The summed E-state index contributed by atoms with van der Waals surface area (Å²) in [6, 6.07) is 8.33. The number of hydrogen-bond donors (Lipinski definition) is 2. The fraction of sp³-hybridized carbons (Fsp3) is 0.476. The third-order valence-corrected chi connectivity index (χ3v) is 5.20. The summed E-state index contributed by atoms with van der Waals surface area (Å²) in [6.07, 6.45) is 5.53. The quantitative estimate of drug-likeness (QED) is 0.547. The number of amides is 1. The third-order valence-electron chi connectivity index (χ3n) is 5.20. The van der Waals surface area contributed by atoms with Gasteiger partial charge in [-0.05, 0) is 38.2 Å². The number of benzene rings is 1. The van der Waals surface area contributed by atoms with Crippen molar-refractivity contribution in [3.8, 4) is 0 Å². The number of nitrogens with zero attached hydrogens (tertiary/aromatic N) is 5. The van der Waals surface area contributed by atoms with Gasteiger partial charge in [-0.1, -0.05) is 12.1 Å². The Hall–Kier alpha value is -2.87. The summed E-state index contributed by atoms with van der Waals surface area (Å²) in [5.74, 6) is 0.962. The third kappa shape index (κ3) is 5.35. The second-order valence-corrected chi connectivity index (χ2v) is 7.55. The van der Waals surface area contributed by atoms with Crippen LogP contribution in [0.25, 0.3) is 0 Å². The maximum Gasteiger partial charge on any atom is 0.227 e. The number of likely N-dealkylation sites (N-methyl/N-ethyl adjacent to an activating group) is 1. The van der Waals surface area contributed by atoms with E-state index >= 15 is 0 Å². The first-order valence-electron chi connectivity index (χ1n) is 9.96. The van der Waals surface area contributed by atoms with Crippen LogP contribution in [0.15, 0.2) is 41.7 Å². The molecule has 8 nitrogen and oxygen atoms in total. The Bertz CT molecular complexity index is 841. The van der Waals surface area contributed by atoms with Gasteiger partial charge in [-0.2, -0.15) is 5.10 Å². The zero-order valence-corrected chi connectivity index (χ0v) is 17.7. The second-order valence-electron chi connectivity index (χ2n) is 7.55. The Balaban J connectivity index is 1.53. The molecular weight excluding hydrogens is 366 g/mol. The molecule has 1 atom stereocenters. The van der Waals surface area contributed by atoms with Crippen LogP contribution in [0.2, 0.25) is 0 Å². The average Bonchev–Trinajstić information content (AvgIpc) is 3.33. The minimum absolute atomic E-state index is 0.194. The van der Waals surface area contributed by atoms with E-state index in [1.54, 1.807) is 7.05 Å². The normalized spacial score (nSPS) is 15.8. The van der Waals surface area contributed by atoms with Gasteiger partial charge in [0.2, 0.25) is 5.91 Å². The number of nitrogens with one attached hydrogen (secondary N) is 2. The molecule has 0 saturated carbocycles. The van der Waals surface area contributed by atoms with Crippen molar-refractivity contribution in [2.75, 3.05) is 39.1 Å². The van der Waals surface area contributed by atoms with Gasteiger partial charge < -0.3 is 20.4 Å². The number of aliphatic imine (C=N–C) groups is 1. The summed E-state index contributed by atoms with van der Waals surface area (Å²) in [5, 5.41) is 11.0. The summed E-state index contributed by atoms with van der Waals surface area (Å²) in [4.78, 5) is 20.2. The number of carbonyl (C=O) groups is 1. The predicted octanol–water partition coefficient (Wildman–Crippen LogP) is 1.51. The molecule has 156 valence electrons. The van der Waals surface area contributed by atoms with Crippen molar-refractivity contribution in [1.29, 1.82) is 0 Å². The van der Waals surface area contributed by atoms with Crippen LogP contribution >= 0.6 is 0 Å². The number of carbonyl (C=O) groups excluding carboxylic acids is 1. The molecule has 3 rings (SSSR count). The average molecular weight is 398 g/mol. The number of guanidine groups is 1. The lowest BCUT2D eigenvalue weighted by atomic mass is 10.1. The van der Waals surface area contributed by atoms with Gasteiger partial charge in [0, 0.05) is 57.6 Å². The fourth-order valence-corrected chi connectivity index (χ4v) is 3.53. The molecule has 0 radical (unpaired) electrons. The van der Waals surface area contributed by atoms with Gasteiger partial charge in [-0.3, -0.25) is 14.5 Å². The van der Waals surface area contributed by atoms with Gasteiger partial charge in [0.1, 0.15) is 0 Å². The highest BCUT2D eigenvalue weighted by Crippen LogP contribution is 2.21. The maximum absolute atomic E-state index is 11.9. The molecular formula is C21H31N7O. The summed E-state index contributed by atoms with van der Waals surface area (Å²) >= 11 is 0. The lowest BCUT2D eigenvalue weighted by Gasteiger charge is -2.24. The molecule has 0 aliphatic carbocycles. The minimum atomic E-state index is 0.194. The Morgan fingerprint density at radius 1 is 1.28 bits per heavy atom. The molecule has 8 heteroatoms. The van der Waals surface area contributed by atoms with Gasteiger partial charge in [-0.15, -0.1) is 0 Å². The molecule has 2 heterocycles. The van der Waals surface area contributed by atoms with E-state index in [-0.39, 0.29) is 11.9 Å². The van der Waals surface area contributed by atoms with Crippen LogP contribution in [0.5, 0.6) is 0 Å². The van der Waals surface area contributed by atoms with Crippen LogP contribution in [-0.4, -0.2) is 60.8 Å². The van der Waals surface area contributed by atoms with Crippen molar-refractivity contribution < 1.29 is 4.79 Å². The Labute approximate surface area is 172 Å². The summed E-state index contributed by atoms with van der Waals surface area (Å²) in [5.41, 5.74) is 3.27. The highest BCUT2D eigenvalue weighted by Gasteiger charge is 2.21. The van der Waals surface area contributed by atoms with Crippen LogP contribution < -0.4 is 15.5 Å². The Morgan fingerprint density at radius 2 is 2.03 bits per heavy atom. The highest BCUT2D eigenvalue weighted by molar-refractivity contribution is 5.95. The van der Waals surface area contributed by atoms with Gasteiger partial charge in [-0.25, -0.2) is 0 Å². The number of hydrogen-bond acceptors (Lipinski definition) is 4. The molecule has 0 bridgehead atoms. The SMILES string of the molecule is CN=C(NCc1ccc(N2CCCC2=O)cc1)NCC(c1cnn(C)c1)N(C)C. The zero-order valence-electron chi connectivity index (χ0n) is 17.7. The Kier molecular flexibility index (Phi) is 6.87. The van der Waals surface area contributed by atoms with Crippen molar-refractivity contribution >= 4 is 17.6 Å². The van der Waals surface area contributed by atoms with Crippen molar-refractivity contribution in [2.45, 2.75) is 25.4 Å². The van der Waals surface area contributed by atoms with E-state index in [4.69, 9.17) is 0 Å². The summed E-state index contributed by atoms with van der Waals surface area (Å²) in [7, 11) is 7.81. The van der Waals surface area contributed by atoms with Gasteiger partial charge in [0.05, 0.1) is 12.2 Å². The first-order valence-corrected chi connectivity index (χ1v) is 9.96. The maximum atomic E-state index is 11.9. The van der Waals surface area contributed by atoms with Crippen LogP contribution in [-0.2, 0) is 18.4 Å². The molecule has 1 aliphatic rings. The first kappa shape index (κ1) is 20.9. The van der Waals surface area contributed by atoms with E-state index in [2.05, 4.69) is 51.9 Å². The molecule has 2 N–H and O–H groups in total. The zero-order chi connectivity index (χ0) is 20.8. The molecule has 2 aromatic rings. The van der Waals surface area contributed by atoms with Crippen LogP contribution in [0.3, 0.4) is 0 Å². The highest BCUT2D eigenvalue weighted by atomic mass is 16.2. The fourth-order valence-electron chi connectivity index (χ4n) is 3.53. The van der Waals surface area contributed by atoms with E-state index in [9.17, 15) is 4.79 Å². The largest absolute Gasteiger partial charge is 0.354 e. The van der Waals surface area contributed by atoms with Crippen LogP contribution in [0.1, 0.15) is 30.0 Å². The summed E-state index contributed by atoms with van der Waals surface area (Å²) in [6.45, 7) is 2.19. The number of anilines is 1. The molecule has 0 spiro atoms. The minimum Gasteiger partial charge on any atom is -0.354 e. The molecule has 1 aliphatic heterocycles. The number of aromatic nitrogens is 2. The summed E-state index contributed by atoms with van der Waals surface area (Å²) < 4.78 is 1.82. The lowest BCUT2D eigenvalue weighted by molar-refractivity contribution is -0.117. The Morgan fingerprint density at radius 3 is 2.59 bits per heavy atom. The number of rotatable bonds is 7. The van der Waals surface area contributed by atoms with E-state index in [1.807, 2.05) is 41.2 Å². The van der Waals surface area contributed by atoms with E-state index in [0.29, 0.717) is 19.5 Å². The second kappa shape index (κ2) is 9.56. The molecule has 1 amide bonds.